The monoisotopic (exact) mass is 397 g/mol. The summed E-state index contributed by atoms with van der Waals surface area (Å²) in [6.45, 7) is 6.21. The second-order valence-corrected chi connectivity index (χ2v) is 8.26. The summed E-state index contributed by atoms with van der Waals surface area (Å²) in [7, 11) is 0. The van der Waals surface area contributed by atoms with E-state index in [1.807, 2.05) is 36.5 Å². The van der Waals surface area contributed by atoms with Gasteiger partial charge >= 0.3 is 0 Å². The summed E-state index contributed by atoms with van der Waals surface area (Å²) in [5.74, 6) is 1.24. The number of ether oxygens (including phenoxy) is 1. The average molecular weight is 398 g/mol. The Morgan fingerprint density at radius 3 is 2.71 bits per heavy atom. The minimum atomic E-state index is -0.0933. The number of hydrogen-bond donors (Lipinski definition) is 0. The van der Waals surface area contributed by atoms with Crippen LogP contribution in [-0.2, 0) is 17.8 Å². The maximum atomic E-state index is 6.26. The van der Waals surface area contributed by atoms with Crippen LogP contribution in [0.5, 0.6) is 0 Å². The second-order valence-electron chi connectivity index (χ2n) is 7.60. The first-order valence-corrected chi connectivity index (χ1v) is 10.5. The molecule has 2 fully saturated rings. The second kappa shape index (κ2) is 7.71. The molecule has 0 aliphatic carbocycles. The Morgan fingerprint density at radius 1 is 1.04 bits per heavy atom. The molecule has 2 aromatic heterocycles. The third-order valence-corrected chi connectivity index (χ3v) is 6.09. The lowest BCUT2D eigenvalue weighted by molar-refractivity contribution is -0.104. The molecule has 146 valence electrons. The maximum absolute atomic E-state index is 6.26. The van der Waals surface area contributed by atoms with Gasteiger partial charge in [-0.2, -0.15) is 0 Å². The smallest absolute Gasteiger partial charge is 0.247 e. The number of likely N-dealkylation sites (tertiary alicyclic amines) is 1. The molecule has 1 atom stereocenters. The fourth-order valence-corrected chi connectivity index (χ4v) is 4.66. The van der Waals surface area contributed by atoms with E-state index in [9.17, 15) is 0 Å². The lowest BCUT2D eigenvalue weighted by atomic mass is 10.0. The largest absolute Gasteiger partial charge is 0.419 e. The van der Waals surface area contributed by atoms with Crippen LogP contribution in [0.1, 0.15) is 17.9 Å². The van der Waals surface area contributed by atoms with Crippen LogP contribution in [-0.4, -0.2) is 62.8 Å². The molecular formula is C20H23N5O2S. The summed E-state index contributed by atoms with van der Waals surface area (Å²) in [4.78, 5) is 4.84. The zero-order valence-corrected chi connectivity index (χ0v) is 16.5. The van der Waals surface area contributed by atoms with E-state index in [0.29, 0.717) is 18.3 Å². The highest BCUT2D eigenvalue weighted by Crippen LogP contribution is 2.31. The van der Waals surface area contributed by atoms with Gasteiger partial charge in [-0.3, -0.25) is 9.80 Å². The topological polar surface area (TPSA) is 67.5 Å². The van der Waals surface area contributed by atoms with Crippen LogP contribution in [0.3, 0.4) is 0 Å². The molecule has 1 aromatic carbocycles. The van der Waals surface area contributed by atoms with E-state index in [0.717, 1.165) is 51.3 Å². The number of aromatic nitrogens is 3. The Balaban J connectivity index is 1.20. The van der Waals surface area contributed by atoms with Gasteiger partial charge in [0.15, 0.2) is 0 Å². The summed E-state index contributed by atoms with van der Waals surface area (Å²) >= 11 is 1.51. The highest BCUT2D eigenvalue weighted by Gasteiger charge is 2.43. The van der Waals surface area contributed by atoms with E-state index in [1.54, 1.807) is 0 Å². The molecule has 5 rings (SSSR count). The Labute approximate surface area is 168 Å². The van der Waals surface area contributed by atoms with Crippen molar-refractivity contribution < 1.29 is 9.15 Å². The summed E-state index contributed by atoms with van der Waals surface area (Å²) in [6, 6.07) is 9.89. The number of hydrogen-bond acceptors (Lipinski definition) is 8. The number of rotatable bonds is 5. The first-order chi connectivity index (χ1) is 13.8. The lowest BCUT2D eigenvalue weighted by Gasteiger charge is -2.40. The molecular weight excluding hydrogens is 374 g/mol. The van der Waals surface area contributed by atoms with Crippen LogP contribution in [0, 0.1) is 0 Å². The van der Waals surface area contributed by atoms with Gasteiger partial charge in [-0.15, -0.1) is 10.2 Å². The van der Waals surface area contributed by atoms with Crippen molar-refractivity contribution in [3.05, 3.63) is 53.4 Å². The van der Waals surface area contributed by atoms with Crippen molar-refractivity contribution in [1.82, 2.24) is 24.4 Å². The van der Waals surface area contributed by atoms with Crippen molar-refractivity contribution in [1.29, 1.82) is 0 Å². The predicted octanol–water partition coefficient (Wildman–Crippen LogP) is 2.67. The lowest BCUT2D eigenvalue weighted by Crippen LogP contribution is -2.52. The van der Waals surface area contributed by atoms with Crippen molar-refractivity contribution in [2.75, 3.05) is 32.8 Å². The van der Waals surface area contributed by atoms with Crippen LogP contribution in [0.25, 0.3) is 11.5 Å². The van der Waals surface area contributed by atoms with Crippen LogP contribution in [0.15, 0.2) is 46.3 Å². The SMILES string of the molecule is c1ccc(-c2nnc(CN3CCC4(CN(Cc5cnsc5)CCO4)C3)o2)cc1. The molecule has 0 amide bonds. The molecule has 8 heteroatoms. The van der Waals surface area contributed by atoms with Gasteiger partial charge in [-0.25, -0.2) is 4.37 Å². The standard InChI is InChI=1S/C20H23N5O2S/c1-2-4-17(5-3-1)19-23-22-18(27-19)12-24-7-6-20(14-24)15-25(8-9-26-20)11-16-10-21-28-13-16/h1-5,10,13H,6-9,11-12,14-15H2. The van der Waals surface area contributed by atoms with Gasteiger partial charge in [0.2, 0.25) is 11.8 Å². The van der Waals surface area contributed by atoms with E-state index >= 15 is 0 Å². The van der Waals surface area contributed by atoms with Gasteiger partial charge in [-0.05, 0) is 35.6 Å². The molecule has 7 nitrogen and oxygen atoms in total. The maximum Gasteiger partial charge on any atom is 0.247 e. The van der Waals surface area contributed by atoms with Gasteiger partial charge in [-0.1, -0.05) is 18.2 Å². The summed E-state index contributed by atoms with van der Waals surface area (Å²) in [5, 5.41) is 10.6. The predicted molar refractivity (Wildman–Crippen MR) is 106 cm³/mol. The van der Waals surface area contributed by atoms with E-state index in [4.69, 9.17) is 9.15 Å². The van der Waals surface area contributed by atoms with Gasteiger partial charge in [0, 0.05) is 49.9 Å². The molecule has 4 heterocycles. The van der Waals surface area contributed by atoms with Crippen LogP contribution >= 0.6 is 11.5 Å². The number of nitrogens with zero attached hydrogens (tertiary/aromatic N) is 5. The fourth-order valence-electron chi connectivity index (χ4n) is 4.14. The summed E-state index contributed by atoms with van der Waals surface area (Å²) < 4.78 is 16.3. The first-order valence-electron chi connectivity index (χ1n) is 9.63. The van der Waals surface area contributed by atoms with Gasteiger partial charge in [0.05, 0.1) is 18.8 Å². The quantitative estimate of drug-likeness (QED) is 0.656. The zero-order chi connectivity index (χ0) is 18.8. The summed E-state index contributed by atoms with van der Waals surface area (Å²) in [6.07, 6.45) is 3.00. The number of morpholine rings is 1. The minimum Gasteiger partial charge on any atom is -0.419 e. The van der Waals surface area contributed by atoms with Crippen LogP contribution in [0.2, 0.25) is 0 Å². The number of benzene rings is 1. The highest BCUT2D eigenvalue weighted by molar-refractivity contribution is 7.03. The normalized spacial score (nSPS) is 23.6. The van der Waals surface area contributed by atoms with Gasteiger partial charge in [0.1, 0.15) is 0 Å². The zero-order valence-electron chi connectivity index (χ0n) is 15.7. The Kier molecular flexibility index (Phi) is 4.94. The average Bonchev–Trinajstić information content (AvgIpc) is 3.46. The van der Waals surface area contributed by atoms with Crippen molar-refractivity contribution >= 4 is 11.5 Å². The van der Waals surface area contributed by atoms with E-state index in [-0.39, 0.29) is 5.60 Å². The first kappa shape index (κ1) is 17.9. The molecule has 2 saturated heterocycles. The van der Waals surface area contributed by atoms with Crippen molar-refractivity contribution in [2.24, 2.45) is 0 Å². The van der Waals surface area contributed by atoms with Crippen LogP contribution < -0.4 is 0 Å². The molecule has 1 spiro atoms. The van der Waals surface area contributed by atoms with Crippen LogP contribution in [0.4, 0.5) is 0 Å². The third kappa shape index (κ3) is 3.86. The molecule has 2 aliphatic rings. The Bertz CT molecular complexity index is 900. The van der Waals surface area contributed by atoms with Crippen molar-refractivity contribution in [3.63, 3.8) is 0 Å². The molecule has 28 heavy (non-hydrogen) atoms. The van der Waals surface area contributed by atoms with E-state index in [1.165, 1.54) is 17.1 Å². The molecule has 0 radical (unpaired) electrons. The molecule has 0 saturated carbocycles. The Morgan fingerprint density at radius 2 is 1.89 bits per heavy atom. The molecule has 0 bridgehead atoms. The third-order valence-electron chi connectivity index (χ3n) is 5.46. The summed E-state index contributed by atoms with van der Waals surface area (Å²) in [5.41, 5.74) is 2.15. The molecule has 2 aliphatic heterocycles. The molecule has 1 unspecified atom stereocenters. The van der Waals surface area contributed by atoms with Gasteiger partial charge < -0.3 is 9.15 Å². The highest BCUT2D eigenvalue weighted by atomic mass is 32.1. The van der Waals surface area contributed by atoms with Gasteiger partial charge in [0.25, 0.3) is 0 Å². The van der Waals surface area contributed by atoms with Crippen molar-refractivity contribution in [3.8, 4) is 11.5 Å². The fraction of sp³-hybridized carbons (Fsp3) is 0.450. The van der Waals surface area contributed by atoms with E-state index in [2.05, 4.69) is 29.8 Å². The Hall–Kier alpha value is -2.13. The molecule has 0 N–H and O–H groups in total. The van der Waals surface area contributed by atoms with Crippen molar-refractivity contribution in [2.45, 2.75) is 25.1 Å². The molecule has 3 aromatic rings. The van der Waals surface area contributed by atoms with E-state index < -0.39 is 0 Å². The minimum absolute atomic E-state index is 0.0933.